The molecule has 0 unspecified atom stereocenters. The fraction of sp³-hybridized carbons (Fsp3) is 0.818. The average Bonchev–Trinajstić information content (AvgIpc) is 2.24. The second-order valence-corrected chi connectivity index (χ2v) is 4.55. The van der Waals surface area contributed by atoms with E-state index in [1.165, 1.54) is 0 Å². The van der Waals surface area contributed by atoms with Gasteiger partial charge in [-0.3, -0.25) is 10.1 Å². The van der Waals surface area contributed by atoms with Crippen LogP contribution in [0.1, 0.15) is 26.7 Å². The van der Waals surface area contributed by atoms with Crippen LogP contribution in [0.2, 0.25) is 0 Å². The summed E-state index contributed by atoms with van der Waals surface area (Å²) in [5.41, 5.74) is 0. The van der Waals surface area contributed by atoms with Crippen molar-refractivity contribution in [3.8, 4) is 0 Å². The number of rotatable bonds is 7. The van der Waals surface area contributed by atoms with Gasteiger partial charge in [0.2, 0.25) is 5.91 Å². The minimum Gasteiger partial charge on any atom is -0.338 e. The van der Waals surface area contributed by atoms with Crippen molar-refractivity contribution in [3.63, 3.8) is 0 Å². The fourth-order valence-corrected chi connectivity index (χ4v) is 1.28. The zero-order valence-electron chi connectivity index (χ0n) is 10.8. The fourth-order valence-electron chi connectivity index (χ4n) is 1.11. The zero-order valence-corrected chi connectivity index (χ0v) is 11.5. The molecule has 0 fully saturated rings. The van der Waals surface area contributed by atoms with E-state index in [0.717, 1.165) is 13.0 Å². The predicted octanol–water partition coefficient (Wildman–Crippen LogP) is 1.17. The smallest absolute Gasteiger partial charge is 0.321 e. The van der Waals surface area contributed by atoms with Gasteiger partial charge in [0, 0.05) is 24.9 Å². The van der Waals surface area contributed by atoms with Gasteiger partial charge in [-0.25, -0.2) is 4.79 Å². The van der Waals surface area contributed by atoms with Gasteiger partial charge in [-0.2, -0.15) is 0 Å². The molecule has 0 heterocycles. The van der Waals surface area contributed by atoms with Crippen LogP contribution >= 0.6 is 11.6 Å². The summed E-state index contributed by atoms with van der Waals surface area (Å²) in [6.07, 6.45) is 1.01. The molecule has 0 atom stereocenters. The maximum atomic E-state index is 11.2. The Balaban J connectivity index is 3.55. The number of nitrogens with zero attached hydrogens (tertiary/aromatic N) is 1. The maximum absolute atomic E-state index is 11.2. The van der Waals surface area contributed by atoms with E-state index in [2.05, 4.69) is 29.4 Å². The van der Waals surface area contributed by atoms with Crippen LogP contribution in [-0.4, -0.2) is 48.9 Å². The first-order chi connectivity index (χ1) is 7.97. The van der Waals surface area contributed by atoms with E-state index in [1.54, 1.807) is 0 Å². The second kappa shape index (κ2) is 9.24. The highest BCUT2D eigenvalue weighted by Gasteiger charge is 2.06. The first-order valence-electron chi connectivity index (χ1n) is 5.81. The Morgan fingerprint density at radius 2 is 2.00 bits per heavy atom. The molecule has 3 amide bonds. The molecule has 0 spiro atoms. The van der Waals surface area contributed by atoms with E-state index in [0.29, 0.717) is 12.6 Å². The molecule has 0 aromatic rings. The molecule has 0 rings (SSSR count). The summed E-state index contributed by atoms with van der Waals surface area (Å²) in [5.74, 6) is -0.130. The molecule has 0 saturated carbocycles. The Bertz CT molecular complexity index is 247. The van der Waals surface area contributed by atoms with Gasteiger partial charge in [0.05, 0.1) is 0 Å². The van der Waals surface area contributed by atoms with Crippen LogP contribution in [0.4, 0.5) is 4.79 Å². The first-order valence-corrected chi connectivity index (χ1v) is 6.34. The van der Waals surface area contributed by atoms with Crippen molar-refractivity contribution in [1.29, 1.82) is 0 Å². The molecular formula is C11H22ClN3O2. The molecule has 0 aliphatic rings. The summed E-state index contributed by atoms with van der Waals surface area (Å²) >= 11 is 5.37. The van der Waals surface area contributed by atoms with Gasteiger partial charge in [-0.05, 0) is 33.9 Å². The Hall–Kier alpha value is -0.810. The maximum Gasteiger partial charge on any atom is 0.321 e. The summed E-state index contributed by atoms with van der Waals surface area (Å²) in [6, 6.07) is 0.0430. The Labute approximate surface area is 108 Å². The number of urea groups is 1. The number of carbonyl (C=O) groups excluding carboxylic acids is 2. The molecule has 0 aliphatic carbocycles. The lowest BCUT2D eigenvalue weighted by atomic mass is 10.3. The molecule has 17 heavy (non-hydrogen) atoms. The molecule has 0 radical (unpaired) electrons. The highest BCUT2D eigenvalue weighted by Crippen LogP contribution is 1.94. The Kier molecular flexibility index (Phi) is 8.80. The lowest BCUT2D eigenvalue weighted by Crippen LogP contribution is -2.40. The van der Waals surface area contributed by atoms with Crippen molar-refractivity contribution in [3.05, 3.63) is 0 Å². The number of hydrogen-bond donors (Lipinski definition) is 2. The Morgan fingerprint density at radius 3 is 2.53 bits per heavy atom. The monoisotopic (exact) mass is 263 g/mol. The molecule has 0 saturated heterocycles. The third-order valence-electron chi connectivity index (χ3n) is 2.43. The van der Waals surface area contributed by atoms with Crippen molar-refractivity contribution in [2.75, 3.05) is 26.0 Å². The van der Waals surface area contributed by atoms with Gasteiger partial charge in [0.1, 0.15) is 0 Å². The van der Waals surface area contributed by atoms with E-state index in [4.69, 9.17) is 11.6 Å². The summed E-state index contributed by atoms with van der Waals surface area (Å²) in [5, 5.41) is 4.83. The summed E-state index contributed by atoms with van der Waals surface area (Å²) in [4.78, 5) is 24.4. The normalized spacial score (nSPS) is 10.7. The predicted molar refractivity (Wildman–Crippen MR) is 69.3 cm³/mol. The molecular weight excluding hydrogens is 242 g/mol. The molecule has 2 N–H and O–H groups in total. The van der Waals surface area contributed by atoms with Gasteiger partial charge >= 0.3 is 6.03 Å². The number of hydrogen-bond acceptors (Lipinski definition) is 3. The summed E-state index contributed by atoms with van der Waals surface area (Å²) in [7, 11) is 2.04. The Morgan fingerprint density at radius 1 is 1.35 bits per heavy atom. The van der Waals surface area contributed by atoms with E-state index < -0.39 is 6.03 Å². The van der Waals surface area contributed by atoms with Gasteiger partial charge in [0.25, 0.3) is 0 Å². The number of imide groups is 1. The number of alkyl halides is 1. The average molecular weight is 264 g/mol. The molecule has 0 aliphatic heterocycles. The molecule has 0 bridgehead atoms. The number of carbonyl (C=O) groups is 2. The van der Waals surface area contributed by atoms with Crippen molar-refractivity contribution < 1.29 is 9.59 Å². The van der Waals surface area contributed by atoms with Crippen molar-refractivity contribution in [2.24, 2.45) is 0 Å². The van der Waals surface area contributed by atoms with Crippen LogP contribution in [-0.2, 0) is 4.79 Å². The van der Waals surface area contributed by atoms with Crippen molar-refractivity contribution in [2.45, 2.75) is 32.7 Å². The van der Waals surface area contributed by atoms with Crippen LogP contribution < -0.4 is 10.6 Å². The quantitative estimate of drug-likeness (QED) is 0.535. The minimum atomic E-state index is -0.452. The van der Waals surface area contributed by atoms with Gasteiger partial charge in [-0.15, -0.1) is 11.6 Å². The lowest BCUT2D eigenvalue weighted by molar-refractivity contribution is -0.119. The molecule has 0 aromatic heterocycles. The van der Waals surface area contributed by atoms with E-state index in [-0.39, 0.29) is 18.2 Å². The minimum absolute atomic E-state index is 0.158. The second-order valence-electron chi connectivity index (χ2n) is 4.17. The largest absolute Gasteiger partial charge is 0.338 e. The molecule has 100 valence electrons. The first kappa shape index (κ1) is 16.2. The van der Waals surface area contributed by atoms with Crippen LogP contribution in [0.15, 0.2) is 0 Å². The highest BCUT2D eigenvalue weighted by atomic mass is 35.5. The van der Waals surface area contributed by atoms with Gasteiger partial charge < -0.3 is 10.2 Å². The van der Waals surface area contributed by atoms with E-state index in [9.17, 15) is 9.59 Å². The zero-order chi connectivity index (χ0) is 13.3. The van der Waals surface area contributed by atoms with Crippen LogP contribution in [0.25, 0.3) is 0 Å². The number of nitrogens with one attached hydrogen (secondary N) is 2. The third-order valence-corrected chi connectivity index (χ3v) is 2.62. The van der Waals surface area contributed by atoms with Crippen molar-refractivity contribution >= 4 is 23.5 Å². The molecule has 0 aromatic carbocycles. The van der Waals surface area contributed by atoms with Crippen LogP contribution in [0.3, 0.4) is 0 Å². The third kappa shape index (κ3) is 8.94. The van der Waals surface area contributed by atoms with Crippen LogP contribution in [0.5, 0.6) is 0 Å². The van der Waals surface area contributed by atoms with E-state index in [1.807, 2.05) is 7.05 Å². The lowest BCUT2D eigenvalue weighted by Gasteiger charge is -2.20. The van der Waals surface area contributed by atoms with Crippen molar-refractivity contribution in [1.82, 2.24) is 15.5 Å². The van der Waals surface area contributed by atoms with Gasteiger partial charge in [-0.1, -0.05) is 0 Å². The molecule has 5 nitrogen and oxygen atoms in total. The number of halogens is 1. The van der Waals surface area contributed by atoms with E-state index >= 15 is 0 Å². The summed E-state index contributed by atoms with van der Waals surface area (Å²) < 4.78 is 0. The number of amides is 3. The standard InChI is InChI=1S/C11H22ClN3O2/c1-9(2)15(3)8-4-7-13-11(17)14-10(16)5-6-12/h9H,4-8H2,1-3H3,(H2,13,14,16,17). The highest BCUT2D eigenvalue weighted by molar-refractivity contribution is 6.19. The molecule has 6 heteroatoms. The SMILES string of the molecule is CC(C)N(C)CCCNC(=O)NC(=O)CCCl. The topological polar surface area (TPSA) is 61.4 Å². The summed E-state index contributed by atoms with van der Waals surface area (Å²) in [6.45, 7) is 5.69. The van der Waals surface area contributed by atoms with Gasteiger partial charge in [0.15, 0.2) is 0 Å². The van der Waals surface area contributed by atoms with Crippen LogP contribution in [0, 0.1) is 0 Å².